The van der Waals surface area contributed by atoms with E-state index >= 15 is 0 Å². The Kier molecular flexibility index (Phi) is 3.43. The number of hydrogen-bond donors (Lipinski definition) is 0. The van der Waals surface area contributed by atoms with Gasteiger partial charge in [-0.25, -0.2) is 0 Å². The van der Waals surface area contributed by atoms with Crippen LogP contribution in [0.25, 0.3) is 0 Å². The van der Waals surface area contributed by atoms with Crippen LogP contribution in [0.2, 0.25) is 0 Å². The number of benzene rings is 1. The van der Waals surface area contributed by atoms with Gasteiger partial charge in [0, 0.05) is 12.3 Å². The van der Waals surface area contributed by atoms with Gasteiger partial charge in [-0.15, -0.1) is 0 Å². The average molecular weight is 227 g/mol. The number of nitrogens with zero attached hydrogens (tertiary/aromatic N) is 1. The van der Waals surface area contributed by atoms with Crippen molar-refractivity contribution in [1.29, 1.82) is 0 Å². The molecule has 0 atom stereocenters. The highest BCUT2D eigenvalue weighted by Crippen LogP contribution is 2.06. The van der Waals surface area contributed by atoms with Crippen molar-refractivity contribution in [3.05, 3.63) is 69.6 Å². The predicted molar refractivity (Wildman–Crippen MR) is 70.4 cm³/mol. The molecule has 0 radical (unpaired) electrons. The Morgan fingerprint density at radius 2 is 1.71 bits per heavy atom. The lowest BCUT2D eigenvalue weighted by molar-refractivity contribution is 0.756. The molecule has 2 rings (SSSR count). The molecule has 0 unspecified atom stereocenters. The zero-order valence-electron chi connectivity index (χ0n) is 10.3. The smallest absolute Gasteiger partial charge is 0.251 e. The summed E-state index contributed by atoms with van der Waals surface area (Å²) in [6.07, 6.45) is 2.90. The highest BCUT2D eigenvalue weighted by Gasteiger charge is 1.98. The Hall–Kier alpha value is -1.83. The molecule has 0 spiro atoms. The fraction of sp³-hybridized carbons (Fsp3) is 0.267. The van der Waals surface area contributed by atoms with E-state index in [1.807, 2.05) is 19.2 Å². The molecule has 2 nitrogen and oxygen atoms in total. The van der Waals surface area contributed by atoms with Gasteiger partial charge in [0.05, 0.1) is 6.54 Å². The molecule has 1 heterocycles. The van der Waals surface area contributed by atoms with E-state index in [1.165, 1.54) is 5.56 Å². The summed E-state index contributed by atoms with van der Waals surface area (Å²) in [4.78, 5) is 11.7. The second-order valence-electron chi connectivity index (χ2n) is 4.34. The van der Waals surface area contributed by atoms with E-state index in [2.05, 4.69) is 31.2 Å². The van der Waals surface area contributed by atoms with Crippen molar-refractivity contribution in [3.63, 3.8) is 0 Å². The molecule has 2 heteroatoms. The van der Waals surface area contributed by atoms with Crippen molar-refractivity contribution < 1.29 is 0 Å². The van der Waals surface area contributed by atoms with E-state index in [0.29, 0.717) is 6.54 Å². The van der Waals surface area contributed by atoms with E-state index in [0.717, 1.165) is 17.5 Å². The lowest BCUT2D eigenvalue weighted by atomic mass is 10.1. The number of aromatic nitrogens is 1. The standard InChI is InChI=1S/C15H17NO/c1-3-13-4-6-14(7-5-13)11-16-9-8-12(2)10-15(16)17/h4-10H,3,11H2,1-2H3. The molecule has 0 N–H and O–H groups in total. The molecule has 0 saturated carbocycles. The van der Waals surface area contributed by atoms with Gasteiger partial charge in [0.15, 0.2) is 0 Å². The molecule has 2 aromatic rings. The average Bonchev–Trinajstić information content (AvgIpc) is 2.34. The maximum absolute atomic E-state index is 11.7. The van der Waals surface area contributed by atoms with Crippen LogP contribution in [0.3, 0.4) is 0 Å². The van der Waals surface area contributed by atoms with Crippen molar-refractivity contribution >= 4 is 0 Å². The van der Waals surface area contributed by atoms with Gasteiger partial charge in [-0.1, -0.05) is 31.2 Å². The molecule has 0 fully saturated rings. The van der Waals surface area contributed by atoms with Crippen LogP contribution in [0.4, 0.5) is 0 Å². The fourth-order valence-corrected chi connectivity index (χ4v) is 1.81. The van der Waals surface area contributed by atoms with Gasteiger partial charge in [0.1, 0.15) is 0 Å². The highest BCUT2D eigenvalue weighted by molar-refractivity contribution is 5.23. The molecular weight excluding hydrogens is 210 g/mol. The second kappa shape index (κ2) is 5.00. The number of aryl methyl sites for hydroxylation is 2. The summed E-state index contributed by atoms with van der Waals surface area (Å²) in [7, 11) is 0. The lowest BCUT2D eigenvalue weighted by Gasteiger charge is -2.06. The molecule has 0 aliphatic rings. The van der Waals surface area contributed by atoms with Crippen LogP contribution in [0.1, 0.15) is 23.6 Å². The summed E-state index contributed by atoms with van der Waals surface area (Å²) >= 11 is 0. The van der Waals surface area contributed by atoms with Gasteiger partial charge in [0.25, 0.3) is 5.56 Å². The zero-order valence-corrected chi connectivity index (χ0v) is 10.3. The first-order valence-corrected chi connectivity index (χ1v) is 5.94. The van der Waals surface area contributed by atoms with E-state index in [9.17, 15) is 4.79 Å². The first-order valence-electron chi connectivity index (χ1n) is 5.94. The molecule has 0 bridgehead atoms. The summed E-state index contributed by atoms with van der Waals surface area (Å²) in [5, 5.41) is 0. The Labute approximate surface area is 102 Å². The van der Waals surface area contributed by atoms with Crippen LogP contribution >= 0.6 is 0 Å². The molecule has 88 valence electrons. The first-order chi connectivity index (χ1) is 8.19. The van der Waals surface area contributed by atoms with Crippen molar-refractivity contribution in [2.24, 2.45) is 0 Å². The molecular formula is C15H17NO. The quantitative estimate of drug-likeness (QED) is 0.790. The predicted octanol–water partition coefficient (Wildman–Crippen LogP) is 2.77. The largest absolute Gasteiger partial charge is 0.311 e. The number of hydrogen-bond acceptors (Lipinski definition) is 1. The first kappa shape index (κ1) is 11.6. The molecule has 0 aliphatic heterocycles. The lowest BCUT2D eigenvalue weighted by Crippen LogP contribution is -2.19. The Balaban J connectivity index is 2.22. The molecule has 17 heavy (non-hydrogen) atoms. The maximum Gasteiger partial charge on any atom is 0.251 e. The second-order valence-corrected chi connectivity index (χ2v) is 4.34. The van der Waals surface area contributed by atoms with Gasteiger partial charge in [-0.2, -0.15) is 0 Å². The van der Waals surface area contributed by atoms with Crippen LogP contribution < -0.4 is 5.56 Å². The Bertz CT molecular complexity index is 552. The van der Waals surface area contributed by atoms with E-state index < -0.39 is 0 Å². The minimum absolute atomic E-state index is 0.0598. The zero-order chi connectivity index (χ0) is 12.3. The van der Waals surface area contributed by atoms with Crippen molar-refractivity contribution in [2.75, 3.05) is 0 Å². The minimum atomic E-state index is 0.0598. The summed E-state index contributed by atoms with van der Waals surface area (Å²) < 4.78 is 1.73. The number of pyridine rings is 1. The summed E-state index contributed by atoms with van der Waals surface area (Å²) in [6.45, 7) is 4.71. The minimum Gasteiger partial charge on any atom is -0.311 e. The van der Waals surface area contributed by atoms with Gasteiger partial charge in [-0.3, -0.25) is 4.79 Å². The fourth-order valence-electron chi connectivity index (χ4n) is 1.81. The van der Waals surface area contributed by atoms with Crippen LogP contribution in [0.15, 0.2) is 47.4 Å². The van der Waals surface area contributed by atoms with Gasteiger partial charge in [-0.05, 0) is 36.1 Å². The molecule has 0 aliphatic carbocycles. The summed E-state index contributed by atoms with van der Waals surface area (Å²) in [5.74, 6) is 0. The topological polar surface area (TPSA) is 22.0 Å². The third-order valence-corrected chi connectivity index (χ3v) is 2.94. The number of rotatable bonds is 3. The van der Waals surface area contributed by atoms with Gasteiger partial charge >= 0.3 is 0 Å². The normalized spacial score (nSPS) is 10.5. The van der Waals surface area contributed by atoms with Crippen molar-refractivity contribution in [3.8, 4) is 0 Å². The summed E-state index contributed by atoms with van der Waals surface area (Å²) in [6, 6.07) is 12.0. The van der Waals surface area contributed by atoms with Crippen molar-refractivity contribution in [1.82, 2.24) is 4.57 Å². The third-order valence-electron chi connectivity index (χ3n) is 2.94. The van der Waals surface area contributed by atoms with Crippen LogP contribution in [0, 0.1) is 6.92 Å². The maximum atomic E-state index is 11.7. The van der Waals surface area contributed by atoms with Crippen LogP contribution in [-0.4, -0.2) is 4.57 Å². The van der Waals surface area contributed by atoms with Gasteiger partial charge in [0.2, 0.25) is 0 Å². The SMILES string of the molecule is CCc1ccc(Cn2ccc(C)cc2=O)cc1. The molecule has 1 aromatic carbocycles. The molecule has 0 saturated heterocycles. The molecule has 0 amide bonds. The monoisotopic (exact) mass is 227 g/mol. The third kappa shape index (κ3) is 2.84. The molecule has 1 aromatic heterocycles. The van der Waals surface area contributed by atoms with E-state index in [4.69, 9.17) is 0 Å². The Morgan fingerprint density at radius 1 is 1.06 bits per heavy atom. The summed E-state index contributed by atoms with van der Waals surface area (Å²) in [5.41, 5.74) is 3.55. The van der Waals surface area contributed by atoms with Gasteiger partial charge < -0.3 is 4.57 Å². The Morgan fingerprint density at radius 3 is 2.29 bits per heavy atom. The van der Waals surface area contributed by atoms with Crippen LogP contribution in [-0.2, 0) is 13.0 Å². The van der Waals surface area contributed by atoms with E-state index in [-0.39, 0.29) is 5.56 Å². The van der Waals surface area contributed by atoms with E-state index in [1.54, 1.807) is 10.6 Å². The van der Waals surface area contributed by atoms with Crippen LogP contribution in [0.5, 0.6) is 0 Å². The van der Waals surface area contributed by atoms with Crippen molar-refractivity contribution in [2.45, 2.75) is 26.8 Å². The highest BCUT2D eigenvalue weighted by atomic mass is 16.1.